The zero-order chi connectivity index (χ0) is 19.6. The van der Waals surface area contributed by atoms with Crippen molar-refractivity contribution in [3.63, 3.8) is 0 Å². The van der Waals surface area contributed by atoms with Gasteiger partial charge < -0.3 is 20.1 Å². The molecule has 0 spiro atoms. The molecule has 7 nitrogen and oxygen atoms in total. The Bertz CT molecular complexity index is 789. The van der Waals surface area contributed by atoms with Crippen LogP contribution in [0, 0.1) is 0 Å². The predicted octanol–water partition coefficient (Wildman–Crippen LogP) is 2.81. The molecule has 2 aromatic rings. The minimum absolute atomic E-state index is 0.0462. The second kappa shape index (κ2) is 10.1. The maximum Gasteiger partial charge on any atom is 0.259 e. The number of hydrogen-bond acceptors (Lipinski definition) is 6. The molecule has 144 valence electrons. The van der Waals surface area contributed by atoms with Gasteiger partial charge in [-0.25, -0.2) is 5.43 Å². The van der Waals surface area contributed by atoms with Crippen LogP contribution in [0.3, 0.4) is 0 Å². The Morgan fingerprint density at radius 1 is 1.22 bits per heavy atom. The number of hydrazone groups is 1. The lowest BCUT2D eigenvalue weighted by Gasteiger charge is -2.21. The van der Waals surface area contributed by atoms with Crippen LogP contribution in [-0.2, 0) is 4.79 Å². The van der Waals surface area contributed by atoms with Crippen molar-refractivity contribution in [3.05, 3.63) is 48.0 Å². The molecule has 27 heavy (non-hydrogen) atoms. The SMILES string of the molecule is CCN(CC)c1ccc(/C=N/NC(=O)CNc2ccccc2OC)c(O)c1. The van der Waals surface area contributed by atoms with Crippen LogP contribution in [0.2, 0.25) is 0 Å². The smallest absolute Gasteiger partial charge is 0.259 e. The van der Waals surface area contributed by atoms with Crippen LogP contribution < -0.4 is 20.4 Å². The molecule has 7 heteroatoms. The molecule has 0 aliphatic carbocycles. The average molecular weight is 370 g/mol. The summed E-state index contributed by atoms with van der Waals surface area (Å²) in [6.07, 6.45) is 1.42. The molecule has 0 heterocycles. The number of aromatic hydroxyl groups is 1. The number of carbonyl (C=O) groups is 1. The Balaban J connectivity index is 1.90. The van der Waals surface area contributed by atoms with E-state index in [1.165, 1.54) is 6.21 Å². The van der Waals surface area contributed by atoms with Gasteiger partial charge in [-0.3, -0.25) is 4.79 Å². The van der Waals surface area contributed by atoms with E-state index < -0.39 is 0 Å². The molecule has 2 rings (SSSR count). The Hall–Kier alpha value is -3.22. The van der Waals surface area contributed by atoms with Crippen LogP contribution in [0.4, 0.5) is 11.4 Å². The molecule has 3 N–H and O–H groups in total. The van der Waals surface area contributed by atoms with Crippen LogP contribution in [0.5, 0.6) is 11.5 Å². The van der Waals surface area contributed by atoms with Gasteiger partial charge in [0.2, 0.25) is 0 Å². The van der Waals surface area contributed by atoms with E-state index in [-0.39, 0.29) is 18.2 Å². The van der Waals surface area contributed by atoms with Crippen molar-refractivity contribution in [2.45, 2.75) is 13.8 Å². The molecule has 0 atom stereocenters. The molecule has 0 unspecified atom stereocenters. The van der Waals surface area contributed by atoms with Crippen molar-refractivity contribution in [2.75, 3.05) is 37.0 Å². The number of para-hydroxylation sites is 2. The summed E-state index contributed by atoms with van der Waals surface area (Å²) in [4.78, 5) is 14.0. The molecule has 0 saturated carbocycles. The third-order valence-electron chi connectivity index (χ3n) is 4.08. The third kappa shape index (κ3) is 5.64. The van der Waals surface area contributed by atoms with E-state index in [1.807, 2.05) is 30.3 Å². The summed E-state index contributed by atoms with van der Waals surface area (Å²) in [5, 5.41) is 17.0. The summed E-state index contributed by atoms with van der Waals surface area (Å²) < 4.78 is 5.22. The molecular formula is C20H26N4O3. The number of methoxy groups -OCH3 is 1. The highest BCUT2D eigenvalue weighted by Gasteiger charge is 2.06. The lowest BCUT2D eigenvalue weighted by atomic mass is 10.2. The van der Waals surface area contributed by atoms with Crippen molar-refractivity contribution in [1.82, 2.24) is 5.43 Å². The number of carbonyl (C=O) groups excluding carboxylic acids is 1. The maximum atomic E-state index is 11.9. The number of benzene rings is 2. The average Bonchev–Trinajstić information content (AvgIpc) is 2.69. The summed E-state index contributed by atoms with van der Waals surface area (Å²) >= 11 is 0. The normalized spacial score (nSPS) is 10.6. The number of phenolic OH excluding ortho intramolecular Hbond substituents is 1. The van der Waals surface area contributed by atoms with Gasteiger partial charge in [0.05, 0.1) is 25.6 Å². The van der Waals surface area contributed by atoms with Crippen molar-refractivity contribution < 1.29 is 14.6 Å². The lowest BCUT2D eigenvalue weighted by molar-refractivity contribution is -0.119. The van der Waals surface area contributed by atoms with Gasteiger partial charge >= 0.3 is 0 Å². The van der Waals surface area contributed by atoms with Gasteiger partial charge in [0.25, 0.3) is 5.91 Å². The van der Waals surface area contributed by atoms with Gasteiger partial charge in [0.15, 0.2) is 0 Å². The van der Waals surface area contributed by atoms with E-state index in [1.54, 1.807) is 19.2 Å². The van der Waals surface area contributed by atoms with Gasteiger partial charge in [-0.05, 0) is 38.1 Å². The van der Waals surface area contributed by atoms with Gasteiger partial charge in [0, 0.05) is 30.4 Å². The number of rotatable bonds is 9. The van der Waals surface area contributed by atoms with E-state index in [0.29, 0.717) is 11.3 Å². The second-order valence-electron chi connectivity index (χ2n) is 5.76. The summed E-state index contributed by atoms with van der Waals surface area (Å²) in [6, 6.07) is 12.7. The summed E-state index contributed by atoms with van der Waals surface area (Å²) in [6.45, 7) is 5.89. The van der Waals surface area contributed by atoms with Crippen LogP contribution in [0.15, 0.2) is 47.6 Å². The largest absolute Gasteiger partial charge is 0.507 e. The predicted molar refractivity (Wildman–Crippen MR) is 109 cm³/mol. The minimum Gasteiger partial charge on any atom is -0.507 e. The fourth-order valence-corrected chi connectivity index (χ4v) is 2.61. The maximum absolute atomic E-state index is 11.9. The zero-order valence-corrected chi connectivity index (χ0v) is 15.9. The number of nitrogens with zero attached hydrogens (tertiary/aromatic N) is 2. The highest BCUT2D eigenvalue weighted by Crippen LogP contribution is 2.24. The third-order valence-corrected chi connectivity index (χ3v) is 4.08. The van der Waals surface area contributed by atoms with Crippen LogP contribution >= 0.6 is 0 Å². The van der Waals surface area contributed by atoms with Crippen LogP contribution in [-0.4, -0.2) is 44.0 Å². The highest BCUT2D eigenvalue weighted by molar-refractivity contribution is 5.87. The number of ether oxygens (including phenoxy) is 1. The van der Waals surface area contributed by atoms with E-state index >= 15 is 0 Å². The number of nitrogens with one attached hydrogen (secondary N) is 2. The standard InChI is InChI=1S/C20H26N4O3/c1-4-24(5-2)16-11-10-15(18(25)12-16)13-22-23-20(26)14-21-17-8-6-7-9-19(17)27-3/h6-13,21,25H,4-5,14H2,1-3H3,(H,23,26)/b22-13+. The van der Waals surface area contributed by atoms with Crippen molar-refractivity contribution in [1.29, 1.82) is 0 Å². The first kappa shape index (κ1) is 20.1. The number of phenols is 1. The summed E-state index contributed by atoms with van der Waals surface area (Å²) in [5.74, 6) is 0.466. The van der Waals surface area contributed by atoms with Gasteiger partial charge in [-0.2, -0.15) is 5.10 Å². The molecule has 0 aromatic heterocycles. The molecule has 0 aliphatic rings. The first-order chi connectivity index (χ1) is 13.1. The molecule has 0 bridgehead atoms. The fraction of sp³-hybridized carbons (Fsp3) is 0.300. The van der Waals surface area contributed by atoms with Gasteiger partial charge in [-0.15, -0.1) is 0 Å². The van der Waals surface area contributed by atoms with E-state index in [2.05, 4.69) is 34.6 Å². The second-order valence-corrected chi connectivity index (χ2v) is 5.76. The molecule has 0 radical (unpaired) electrons. The molecule has 0 fully saturated rings. The van der Waals surface area contributed by atoms with Crippen molar-refractivity contribution in [2.24, 2.45) is 5.10 Å². The van der Waals surface area contributed by atoms with Gasteiger partial charge in [0.1, 0.15) is 11.5 Å². The summed E-state index contributed by atoms with van der Waals surface area (Å²) in [5.41, 5.74) is 4.63. The van der Waals surface area contributed by atoms with Crippen LogP contribution in [0.1, 0.15) is 19.4 Å². The lowest BCUT2D eigenvalue weighted by Crippen LogP contribution is -2.26. The molecule has 0 saturated heterocycles. The fourth-order valence-electron chi connectivity index (χ4n) is 2.61. The molecule has 1 amide bonds. The Kier molecular flexibility index (Phi) is 7.49. The van der Waals surface area contributed by atoms with Gasteiger partial charge in [-0.1, -0.05) is 12.1 Å². The topological polar surface area (TPSA) is 86.2 Å². The monoisotopic (exact) mass is 370 g/mol. The number of anilines is 2. The first-order valence-corrected chi connectivity index (χ1v) is 8.85. The minimum atomic E-state index is -0.309. The van der Waals surface area contributed by atoms with E-state index in [9.17, 15) is 9.90 Å². The molecule has 0 aliphatic heterocycles. The number of amides is 1. The highest BCUT2D eigenvalue weighted by atomic mass is 16.5. The number of hydrogen-bond donors (Lipinski definition) is 3. The summed E-state index contributed by atoms with van der Waals surface area (Å²) in [7, 11) is 1.57. The Morgan fingerprint density at radius 2 is 1.96 bits per heavy atom. The Morgan fingerprint density at radius 3 is 2.63 bits per heavy atom. The van der Waals surface area contributed by atoms with Crippen LogP contribution in [0.25, 0.3) is 0 Å². The quantitative estimate of drug-likeness (QED) is 0.467. The first-order valence-electron chi connectivity index (χ1n) is 8.85. The van der Waals surface area contributed by atoms with E-state index in [4.69, 9.17) is 4.74 Å². The van der Waals surface area contributed by atoms with E-state index in [0.717, 1.165) is 24.5 Å². The Labute approximate surface area is 159 Å². The molecule has 2 aromatic carbocycles. The van der Waals surface area contributed by atoms with Crippen molar-refractivity contribution >= 4 is 23.5 Å². The zero-order valence-electron chi connectivity index (χ0n) is 15.9. The molecular weight excluding hydrogens is 344 g/mol. The van der Waals surface area contributed by atoms with Crippen molar-refractivity contribution in [3.8, 4) is 11.5 Å².